The number of carbonyl (C=O) groups is 4. The van der Waals surface area contributed by atoms with Gasteiger partial charge in [0.15, 0.2) is 0 Å². The van der Waals surface area contributed by atoms with E-state index in [9.17, 15) is 39.6 Å². The van der Waals surface area contributed by atoms with Gasteiger partial charge in [-0.15, -0.1) is 11.3 Å². The number of likely N-dealkylation sites (tertiary alicyclic amines) is 1. The zero-order valence-corrected chi connectivity index (χ0v) is 33.2. The predicted molar refractivity (Wildman–Crippen MR) is 212 cm³/mol. The molecule has 2 aliphatic carbocycles. The first kappa shape index (κ1) is 43.7. The van der Waals surface area contributed by atoms with E-state index in [4.69, 9.17) is 15.9 Å². The van der Waals surface area contributed by atoms with Gasteiger partial charge >= 0.3 is 0 Å². The summed E-state index contributed by atoms with van der Waals surface area (Å²) in [5, 5.41) is 59.2. The van der Waals surface area contributed by atoms with Crippen molar-refractivity contribution >= 4 is 40.8 Å². The van der Waals surface area contributed by atoms with Crippen molar-refractivity contribution < 1.29 is 53.1 Å². The second-order valence-corrected chi connectivity index (χ2v) is 16.3. The van der Waals surface area contributed by atoms with Crippen LogP contribution in [0.3, 0.4) is 0 Å². The summed E-state index contributed by atoms with van der Waals surface area (Å²) in [5.74, 6) is -5.33. The second kappa shape index (κ2) is 17.8. The minimum absolute atomic E-state index is 0.0930. The highest BCUT2D eigenvalue weighted by Crippen LogP contribution is 2.59. The Morgan fingerprint density at radius 3 is 2.41 bits per heavy atom. The Labute approximate surface area is 342 Å². The number of nitrogens with zero attached hydrogens (tertiary/aromatic N) is 1. The van der Waals surface area contributed by atoms with Crippen LogP contribution in [0, 0.1) is 10.8 Å². The molecule has 16 nitrogen and oxygen atoms in total. The predicted octanol–water partition coefficient (Wildman–Crippen LogP) is 0.305. The average molecular weight is 842 g/mol. The summed E-state index contributed by atoms with van der Waals surface area (Å²) in [4.78, 5) is 55.5. The van der Waals surface area contributed by atoms with E-state index in [-0.39, 0.29) is 73.4 Å². The molecule has 2 heterocycles. The molecule has 2 fully saturated rings. The Morgan fingerprint density at radius 2 is 1.69 bits per heavy atom. The van der Waals surface area contributed by atoms with Crippen molar-refractivity contribution in [2.75, 3.05) is 39.4 Å². The molecule has 0 bridgehead atoms. The highest BCUT2D eigenvalue weighted by atomic mass is 32.1. The van der Waals surface area contributed by atoms with Crippen LogP contribution in [0.4, 0.5) is 8.78 Å². The number of amides is 4. The number of hydrogen-bond acceptors (Lipinski definition) is 12. The summed E-state index contributed by atoms with van der Waals surface area (Å²) >= 11 is 1.33. The number of amidine groups is 1. The second-order valence-electron chi connectivity index (χ2n) is 15.4. The number of piperidine rings is 1. The van der Waals surface area contributed by atoms with Crippen molar-refractivity contribution in [2.45, 2.75) is 75.2 Å². The van der Waals surface area contributed by atoms with Gasteiger partial charge in [0.2, 0.25) is 17.7 Å². The van der Waals surface area contributed by atoms with E-state index in [1.165, 1.54) is 53.5 Å². The van der Waals surface area contributed by atoms with E-state index in [0.29, 0.717) is 17.5 Å². The zero-order chi connectivity index (χ0) is 42.8. The lowest BCUT2D eigenvalue weighted by molar-refractivity contribution is -0.139. The van der Waals surface area contributed by atoms with Gasteiger partial charge in [0, 0.05) is 57.1 Å². The molecule has 8 atom stereocenters. The third-order valence-corrected chi connectivity index (χ3v) is 12.3. The fourth-order valence-electron chi connectivity index (χ4n) is 7.76. The first-order valence-electron chi connectivity index (χ1n) is 19.2. The number of fused-ring (bicyclic) bond motifs is 4. The molecule has 3 aliphatic rings. The maximum atomic E-state index is 15.1. The molecule has 1 aliphatic heterocycles. The molecule has 6 rings (SSSR count). The maximum absolute atomic E-state index is 15.1. The summed E-state index contributed by atoms with van der Waals surface area (Å²) in [7, 11) is 0. The Balaban J connectivity index is 1.05. The molecule has 318 valence electrons. The number of benzene rings is 2. The van der Waals surface area contributed by atoms with Gasteiger partial charge in [-0.05, 0) is 56.0 Å². The number of nitrogens with two attached hydrogens (primary N) is 1. The lowest BCUT2D eigenvalue weighted by atomic mass is 10.00. The van der Waals surface area contributed by atoms with Gasteiger partial charge in [-0.3, -0.25) is 24.6 Å². The molecule has 4 amide bonds. The molecule has 2 aromatic carbocycles. The van der Waals surface area contributed by atoms with Gasteiger partial charge in [0.25, 0.3) is 11.8 Å². The number of ether oxygens (including phenoxy) is 1. The van der Waals surface area contributed by atoms with Crippen molar-refractivity contribution in [3.05, 3.63) is 81.0 Å². The van der Waals surface area contributed by atoms with Gasteiger partial charge in [-0.2, -0.15) is 8.78 Å². The van der Waals surface area contributed by atoms with Gasteiger partial charge in [0.1, 0.15) is 24.1 Å². The highest BCUT2D eigenvalue weighted by Gasteiger charge is 2.67. The van der Waals surface area contributed by atoms with Crippen LogP contribution >= 0.6 is 11.3 Å². The average Bonchev–Trinajstić information content (AvgIpc) is 3.47. The van der Waals surface area contributed by atoms with Crippen LogP contribution in [0.1, 0.15) is 64.7 Å². The first-order valence-corrected chi connectivity index (χ1v) is 20.1. The van der Waals surface area contributed by atoms with Crippen LogP contribution in [0.15, 0.2) is 53.9 Å². The number of halogens is 2. The smallest absolute Gasteiger partial charge is 0.299 e. The molecule has 11 N–H and O–H groups in total. The molecule has 1 saturated carbocycles. The largest absolute Gasteiger partial charge is 0.391 e. The van der Waals surface area contributed by atoms with Crippen LogP contribution in [-0.4, -0.2) is 131 Å². The molecular weight excluding hydrogens is 793 g/mol. The van der Waals surface area contributed by atoms with Gasteiger partial charge in [-0.1, -0.05) is 30.3 Å². The Morgan fingerprint density at radius 1 is 0.966 bits per heavy atom. The summed E-state index contributed by atoms with van der Waals surface area (Å²) in [6, 6.07) is 9.94. The van der Waals surface area contributed by atoms with Crippen molar-refractivity contribution in [3.63, 3.8) is 0 Å². The quantitative estimate of drug-likeness (QED) is 0.0446. The number of rotatable bonds is 19. The normalized spacial score (nSPS) is 22.2. The number of thiophene rings is 1. The van der Waals surface area contributed by atoms with Gasteiger partial charge in [-0.25, -0.2) is 0 Å². The summed E-state index contributed by atoms with van der Waals surface area (Å²) < 4.78 is 36.1. The lowest BCUT2D eigenvalue weighted by Crippen LogP contribution is -2.51. The molecule has 1 unspecified atom stereocenters. The molecule has 1 saturated heterocycles. The van der Waals surface area contributed by atoms with Gasteiger partial charge in [0.05, 0.1) is 44.6 Å². The van der Waals surface area contributed by atoms with E-state index in [1.54, 1.807) is 30.5 Å². The van der Waals surface area contributed by atoms with E-state index < -0.39 is 78.0 Å². The van der Waals surface area contributed by atoms with E-state index in [1.807, 2.05) is 0 Å². The van der Waals surface area contributed by atoms with Crippen LogP contribution in [0.2, 0.25) is 0 Å². The van der Waals surface area contributed by atoms with Crippen LogP contribution in [-0.2, 0) is 25.0 Å². The molecule has 59 heavy (non-hydrogen) atoms. The minimum atomic E-state index is -3.21. The summed E-state index contributed by atoms with van der Waals surface area (Å²) in [6.45, 7) is 2.55. The van der Waals surface area contributed by atoms with E-state index in [0.717, 1.165) is 4.88 Å². The first-order chi connectivity index (χ1) is 27.9. The van der Waals surface area contributed by atoms with Crippen LogP contribution in [0.25, 0.3) is 11.1 Å². The van der Waals surface area contributed by atoms with Crippen molar-refractivity contribution in [2.24, 2.45) is 11.1 Å². The molecular formula is C40H49F2N7O9S. The summed E-state index contributed by atoms with van der Waals surface area (Å²) in [6.07, 6.45) is -5.06. The maximum Gasteiger partial charge on any atom is 0.299 e. The van der Waals surface area contributed by atoms with Crippen LogP contribution < -0.4 is 27.0 Å². The monoisotopic (exact) mass is 841 g/mol. The number of nitrogens with one attached hydrogen (secondary N) is 5. The van der Waals surface area contributed by atoms with Gasteiger partial charge < -0.3 is 57.1 Å². The summed E-state index contributed by atoms with van der Waals surface area (Å²) in [5.41, 5.74) is 5.87. The number of alkyl halides is 2. The minimum Gasteiger partial charge on any atom is -0.391 e. The third-order valence-electron chi connectivity index (χ3n) is 11.1. The van der Waals surface area contributed by atoms with E-state index in [2.05, 4.69) is 21.3 Å². The number of aliphatic hydroxyl groups is 4. The lowest BCUT2D eigenvalue weighted by Gasteiger charge is -2.28. The molecule has 19 heteroatoms. The zero-order valence-electron chi connectivity index (χ0n) is 32.4. The Bertz CT molecular complexity index is 2090. The van der Waals surface area contributed by atoms with Crippen molar-refractivity contribution in [1.82, 2.24) is 26.2 Å². The fourth-order valence-corrected chi connectivity index (χ4v) is 8.67. The third kappa shape index (κ3) is 9.30. The van der Waals surface area contributed by atoms with Crippen molar-refractivity contribution in [3.8, 4) is 11.1 Å². The molecule has 0 radical (unpaired) electrons. The van der Waals surface area contributed by atoms with E-state index >= 15 is 8.78 Å². The highest BCUT2D eigenvalue weighted by molar-refractivity contribution is 7.10. The molecule has 0 spiro atoms. The number of hydrogen-bond donors (Lipinski definition) is 10. The Kier molecular flexibility index (Phi) is 13.2. The number of carbonyl (C=O) groups excluding carboxylic acids is 4. The standard InChI is InChI=1S/C40H49F2N7O9S/c1-20(30-12-23(18-59-30)36(43)44)48-38(57)28-13-39(19-58-10-9-46-32(52)16-45-15-29(51)35(55)34(54)21(2)50)14-31(39)49(28)33(53)17-47-37(56)22-7-8-27-25(11-22)24-5-3-4-6-26(24)40(27,41)42/h3-8,11-12,18,20-21,28-29,31,34-35,45,50-51,54-55H,9-10,13-17,19H2,1-2H3,(H3,43,44)(H,46,52)(H,47,56)(H,48,57)/t20-,21+,28+,29+,31?,34+,35+,39-/m1/s1. The van der Waals surface area contributed by atoms with Crippen molar-refractivity contribution in [1.29, 1.82) is 5.41 Å². The SMILES string of the molecule is C[C@H](O)[C@H](O)[C@@H](O)[C@@H](O)CNCC(=O)NCCOC[C@@]12CC1N(C(=O)CNC(=O)c1ccc3c(c1)-c1ccccc1C3(F)F)[C@H](C(=O)N[C@H](C)c1cc(C(=N)N)cs1)C2. The fraction of sp³-hybridized carbons (Fsp3) is 0.475. The Hall–Kier alpha value is -4.89. The van der Waals surface area contributed by atoms with Crippen LogP contribution in [0.5, 0.6) is 0 Å². The number of aliphatic hydroxyl groups excluding tert-OH is 4. The topological polar surface area (TPSA) is 260 Å². The number of nitrogen functional groups attached to an aromatic ring is 1. The molecule has 1 aromatic heterocycles. The molecule has 3 aromatic rings.